The highest BCUT2D eigenvalue weighted by Crippen LogP contribution is 2.35. The van der Waals surface area contributed by atoms with E-state index in [1.54, 1.807) is 6.21 Å². The van der Waals surface area contributed by atoms with Crippen LogP contribution in [0, 0.1) is 0 Å². The van der Waals surface area contributed by atoms with Crippen LogP contribution in [-0.4, -0.2) is 80.1 Å². The molecule has 6 N–H and O–H groups in total. The molecule has 0 bridgehead atoms. The SMILES string of the molecule is CN(C)c1ccc(/C=N/Nc2nc3c(N)ncnc3n2[C@@H]2O[C@H](CO)[C@@H](O)[C@H]2O)cc1. The molecule has 4 rings (SSSR count). The molecule has 164 valence electrons. The van der Waals surface area contributed by atoms with E-state index in [9.17, 15) is 15.3 Å². The Balaban J connectivity index is 1.66. The zero-order valence-corrected chi connectivity index (χ0v) is 17.0. The Hall–Kier alpha value is -3.32. The fourth-order valence-corrected chi connectivity index (χ4v) is 3.36. The third kappa shape index (κ3) is 3.88. The van der Waals surface area contributed by atoms with Crippen molar-refractivity contribution >= 4 is 34.8 Å². The summed E-state index contributed by atoms with van der Waals surface area (Å²) in [6, 6.07) is 7.76. The van der Waals surface area contributed by atoms with Gasteiger partial charge in [-0.15, -0.1) is 0 Å². The monoisotopic (exact) mass is 428 g/mol. The summed E-state index contributed by atoms with van der Waals surface area (Å²) < 4.78 is 7.08. The Morgan fingerprint density at radius 1 is 1.23 bits per heavy atom. The number of hydrazone groups is 1. The van der Waals surface area contributed by atoms with Gasteiger partial charge in [-0.1, -0.05) is 12.1 Å². The molecule has 3 heterocycles. The van der Waals surface area contributed by atoms with E-state index in [0.29, 0.717) is 0 Å². The zero-order chi connectivity index (χ0) is 22.1. The van der Waals surface area contributed by atoms with Crippen molar-refractivity contribution in [2.24, 2.45) is 5.10 Å². The topological polar surface area (TPSA) is 167 Å². The van der Waals surface area contributed by atoms with Gasteiger partial charge in [0.25, 0.3) is 0 Å². The Morgan fingerprint density at radius 3 is 2.61 bits per heavy atom. The van der Waals surface area contributed by atoms with Gasteiger partial charge in [0.1, 0.15) is 24.6 Å². The number of nitrogens with zero attached hydrogens (tertiary/aromatic N) is 6. The van der Waals surface area contributed by atoms with E-state index in [0.717, 1.165) is 11.3 Å². The molecule has 2 aromatic heterocycles. The molecule has 1 aliphatic rings. The third-order valence-corrected chi connectivity index (χ3v) is 5.06. The maximum atomic E-state index is 10.5. The molecule has 0 unspecified atom stereocenters. The summed E-state index contributed by atoms with van der Waals surface area (Å²) in [5.41, 5.74) is 11.2. The van der Waals surface area contributed by atoms with Crippen molar-refractivity contribution in [3.63, 3.8) is 0 Å². The van der Waals surface area contributed by atoms with Gasteiger partial charge in [0.2, 0.25) is 5.95 Å². The zero-order valence-electron chi connectivity index (χ0n) is 17.0. The first kappa shape index (κ1) is 20.9. The lowest BCUT2D eigenvalue weighted by molar-refractivity contribution is -0.0501. The van der Waals surface area contributed by atoms with E-state index in [1.165, 1.54) is 10.9 Å². The molecule has 0 spiro atoms. The van der Waals surface area contributed by atoms with Crippen LogP contribution in [0.4, 0.5) is 17.5 Å². The molecule has 1 aliphatic heterocycles. The lowest BCUT2D eigenvalue weighted by atomic mass is 10.1. The van der Waals surface area contributed by atoms with Crippen LogP contribution in [0.2, 0.25) is 0 Å². The maximum absolute atomic E-state index is 10.5. The van der Waals surface area contributed by atoms with Crippen molar-refractivity contribution in [3.8, 4) is 0 Å². The number of ether oxygens (including phenoxy) is 1. The molecule has 0 amide bonds. The van der Waals surface area contributed by atoms with E-state index in [1.807, 2.05) is 43.3 Å². The van der Waals surface area contributed by atoms with Gasteiger partial charge in [-0.3, -0.25) is 4.57 Å². The Morgan fingerprint density at radius 2 is 1.97 bits per heavy atom. The van der Waals surface area contributed by atoms with E-state index in [4.69, 9.17) is 10.5 Å². The number of aliphatic hydroxyl groups is 3. The van der Waals surface area contributed by atoms with Crippen LogP contribution in [0.5, 0.6) is 0 Å². The van der Waals surface area contributed by atoms with Crippen molar-refractivity contribution in [2.45, 2.75) is 24.5 Å². The fourth-order valence-electron chi connectivity index (χ4n) is 3.36. The van der Waals surface area contributed by atoms with Crippen molar-refractivity contribution in [2.75, 3.05) is 36.8 Å². The first-order valence-corrected chi connectivity index (χ1v) is 9.58. The van der Waals surface area contributed by atoms with Gasteiger partial charge in [-0.2, -0.15) is 5.10 Å². The first-order chi connectivity index (χ1) is 14.9. The van der Waals surface area contributed by atoms with Gasteiger partial charge in [0, 0.05) is 19.8 Å². The normalized spacial score (nSPS) is 23.6. The number of aromatic nitrogens is 4. The summed E-state index contributed by atoms with van der Waals surface area (Å²) in [6.45, 7) is -0.456. The van der Waals surface area contributed by atoms with Gasteiger partial charge in [0.05, 0.1) is 12.8 Å². The smallest absolute Gasteiger partial charge is 0.228 e. The number of hydrogen-bond donors (Lipinski definition) is 5. The van der Waals surface area contributed by atoms with Crippen LogP contribution >= 0.6 is 0 Å². The minimum atomic E-state index is -1.33. The van der Waals surface area contributed by atoms with Gasteiger partial charge in [0.15, 0.2) is 23.2 Å². The summed E-state index contributed by atoms with van der Waals surface area (Å²) in [5.74, 6) is 0.319. The molecule has 12 heteroatoms. The van der Waals surface area contributed by atoms with Crippen LogP contribution in [0.1, 0.15) is 11.8 Å². The largest absolute Gasteiger partial charge is 0.394 e. The number of fused-ring (bicyclic) bond motifs is 1. The van der Waals surface area contributed by atoms with Gasteiger partial charge in [-0.25, -0.2) is 20.4 Å². The molecular formula is C19H24N8O4. The summed E-state index contributed by atoms with van der Waals surface area (Å²) in [6.07, 6.45) is -1.76. The Bertz CT molecular complexity index is 1080. The van der Waals surface area contributed by atoms with Crippen LogP contribution < -0.4 is 16.1 Å². The van der Waals surface area contributed by atoms with E-state index < -0.39 is 31.1 Å². The van der Waals surface area contributed by atoms with Gasteiger partial charge < -0.3 is 30.7 Å². The van der Waals surface area contributed by atoms with Crippen LogP contribution in [-0.2, 0) is 4.74 Å². The number of benzene rings is 1. The number of hydrogen-bond acceptors (Lipinski definition) is 11. The lowest BCUT2D eigenvalue weighted by Crippen LogP contribution is -2.33. The predicted molar refractivity (Wildman–Crippen MR) is 115 cm³/mol. The van der Waals surface area contributed by atoms with E-state index in [-0.39, 0.29) is 22.9 Å². The molecule has 1 saturated heterocycles. The van der Waals surface area contributed by atoms with Crippen LogP contribution in [0.25, 0.3) is 11.2 Å². The standard InChI is InChI=1S/C19H24N8O4/c1-26(2)11-5-3-10(4-6-11)7-23-25-19-24-13-16(20)21-9-22-17(13)27(19)18-15(30)14(29)12(8-28)31-18/h3-7,9,12,14-15,18,28-30H,8H2,1-2H3,(H,24,25)(H2,20,21,22)/b23-7+/t12-,14-,15-,18-/m1/s1. The quantitative estimate of drug-likeness (QED) is 0.256. The molecule has 3 aromatic rings. The minimum absolute atomic E-state index is 0.141. The number of rotatable bonds is 6. The molecule has 12 nitrogen and oxygen atoms in total. The average Bonchev–Trinajstić information content (AvgIpc) is 3.26. The number of nitrogen functional groups attached to an aromatic ring is 1. The second-order valence-corrected chi connectivity index (χ2v) is 7.32. The lowest BCUT2D eigenvalue weighted by Gasteiger charge is -2.18. The molecule has 1 fully saturated rings. The van der Waals surface area contributed by atoms with Crippen molar-refractivity contribution in [1.82, 2.24) is 19.5 Å². The molecule has 1 aromatic carbocycles. The summed E-state index contributed by atoms with van der Waals surface area (Å²) in [4.78, 5) is 14.5. The number of nitrogens with two attached hydrogens (primary N) is 1. The molecule has 0 aliphatic carbocycles. The van der Waals surface area contributed by atoms with Crippen LogP contribution in [0.15, 0.2) is 35.7 Å². The molecule has 0 radical (unpaired) electrons. The summed E-state index contributed by atoms with van der Waals surface area (Å²) in [5, 5.41) is 34.3. The van der Waals surface area contributed by atoms with E-state index >= 15 is 0 Å². The number of imidazole rings is 1. The third-order valence-electron chi connectivity index (χ3n) is 5.06. The molecule has 4 atom stereocenters. The molecular weight excluding hydrogens is 404 g/mol. The Labute approximate surface area is 177 Å². The van der Waals surface area contributed by atoms with Gasteiger partial charge >= 0.3 is 0 Å². The molecule has 31 heavy (non-hydrogen) atoms. The Kier molecular flexibility index (Phi) is 5.69. The van der Waals surface area contributed by atoms with Gasteiger partial charge in [-0.05, 0) is 17.7 Å². The first-order valence-electron chi connectivity index (χ1n) is 9.58. The highest BCUT2D eigenvalue weighted by atomic mass is 16.6. The maximum Gasteiger partial charge on any atom is 0.228 e. The predicted octanol–water partition coefficient (Wildman–Crippen LogP) is -0.468. The second kappa shape index (κ2) is 8.43. The van der Waals surface area contributed by atoms with Crippen LogP contribution in [0.3, 0.4) is 0 Å². The number of anilines is 3. The van der Waals surface area contributed by atoms with Crippen molar-refractivity contribution < 1.29 is 20.1 Å². The second-order valence-electron chi connectivity index (χ2n) is 7.32. The average molecular weight is 428 g/mol. The summed E-state index contributed by atoms with van der Waals surface area (Å²) >= 11 is 0. The molecule has 0 saturated carbocycles. The summed E-state index contributed by atoms with van der Waals surface area (Å²) in [7, 11) is 3.92. The minimum Gasteiger partial charge on any atom is -0.394 e. The number of nitrogens with one attached hydrogen (secondary N) is 1. The van der Waals surface area contributed by atoms with Crippen molar-refractivity contribution in [3.05, 3.63) is 36.2 Å². The highest BCUT2D eigenvalue weighted by molar-refractivity contribution is 5.85. The fraction of sp³-hybridized carbons (Fsp3) is 0.368. The highest BCUT2D eigenvalue weighted by Gasteiger charge is 2.45. The van der Waals surface area contributed by atoms with Crippen molar-refractivity contribution in [1.29, 1.82) is 0 Å². The number of aliphatic hydroxyl groups excluding tert-OH is 3. The van der Waals surface area contributed by atoms with E-state index in [2.05, 4.69) is 25.5 Å².